The number of nitrogens with zero attached hydrogens (tertiary/aromatic N) is 4. The Kier molecular flexibility index (Phi) is 4.74. The number of aromatic nitrogens is 1. The summed E-state index contributed by atoms with van der Waals surface area (Å²) in [5, 5.41) is 8.75. The summed E-state index contributed by atoms with van der Waals surface area (Å²) in [4.78, 5) is 8.27. The van der Waals surface area contributed by atoms with Gasteiger partial charge in [0.05, 0.1) is 0 Å². The smallest absolute Gasteiger partial charge is 0.142 e. The normalized spacial score (nSPS) is 10.2. The molecule has 0 saturated carbocycles. The molecule has 1 aromatic rings. The molecule has 0 aliphatic rings. The van der Waals surface area contributed by atoms with E-state index in [2.05, 4.69) is 34.9 Å². The lowest BCUT2D eigenvalue weighted by Crippen LogP contribution is -2.23. The van der Waals surface area contributed by atoms with Crippen molar-refractivity contribution >= 4 is 5.69 Å². The zero-order valence-corrected chi connectivity index (χ0v) is 10.1. The third kappa shape index (κ3) is 3.87. The number of rotatable bonds is 5. The summed E-state index contributed by atoms with van der Waals surface area (Å²) in [5.74, 6) is 0. The van der Waals surface area contributed by atoms with Crippen molar-refractivity contribution in [2.75, 3.05) is 39.1 Å². The topological polar surface area (TPSA) is 43.2 Å². The molecule has 4 heteroatoms. The van der Waals surface area contributed by atoms with Crippen molar-refractivity contribution in [1.82, 2.24) is 9.88 Å². The first-order valence-electron chi connectivity index (χ1n) is 5.35. The van der Waals surface area contributed by atoms with Crippen LogP contribution < -0.4 is 4.90 Å². The second-order valence-electron chi connectivity index (χ2n) is 4.09. The molecule has 0 radical (unpaired) electrons. The molecule has 0 aliphatic carbocycles. The maximum Gasteiger partial charge on any atom is 0.142 e. The highest BCUT2D eigenvalue weighted by atomic mass is 15.1. The molecule has 0 fully saturated rings. The summed E-state index contributed by atoms with van der Waals surface area (Å²) in [6.07, 6.45) is 2.78. The molecule has 1 aromatic heterocycles. The maximum atomic E-state index is 8.75. The third-order valence-corrected chi connectivity index (χ3v) is 2.40. The third-order valence-electron chi connectivity index (χ3n) is 2.40. The first-order valence-corrected chi connectivity index (χ1v) is 5.35. The minimum atomic E-state index is 0.469. The second-order valence-corrected chi connectivity index (χ2v) is 4.09. The average Bonchev–Trinajstić information content (AvgIpc) is 2.28. The van der Waals surface area contributed by atoms with Gasteiger partial charge in [-0.2, -0.15) is 5.26 Å². The van der Waals surface area contributed by atoms with Gasteiger partial charge in [0, 0.05) is 25.5 Å². The van der Waals surface area contributed by atoms with E-state index >= 15 is 0 Å². The summed E-state index contributed by atoms with van der Waals surface area (Å²) < 4.78 is 0. The van der Waals surface area contributed by atoms with E-state index in [-0.39, 0.29) is 0 Å². The molecule has 0 saturated heterocycles. The minimum absolute atomic E-state index is 0.469. The molecule has 1 heterocycles. The van der Waals surface area contributed by atoms with E-state index in [0.29, 0.717) is 5.69 Å². The maximum absolute atomic E-state index is 8.75. The van der Waals surface area contributed by atoms with Crippen LogP contribution in [0, 0.1) is 11.3 Å². The summed E-state index contributed by atoms with van der Waals surface area (Å²) in [5.41, 5.74) is 1.52. The van der Waals surface area contributed by atoms with Crippen molar-refractivity contribution in [3.05, 3.63) is 24.0 Å². The predicted octanol–water partition coefficient (Wildman–Crippen LogP) is 1.34. The van der Waals surface area contributed by atoms with Gasteiger partial charge in [0.2, 0.25) is 0 Å². The highest BCUT2D eigenvalue weighted by Gasteiger charge is 2.02. The van der Waals surface area contributed by atoms with Crippen LogP contribution in [0.25, 0.3) is 0 Å². The van der Waals surface area contributed by atoms with Gasteiger partial charge >= 0.3 is 0 Å². The van der Waals surface area contributed by atoms with Crippen LogP contribution in [0.1, 0.15) is 12.1 Å². The fraction of sp³-hybridized carbons (Fsp3) is 0.500. The molecule has 0 bridgehead atoms. The Labute approximate surface area is 97.1 Å². The van der Waals surface area contributed by atoms with Gasteiger partial charge in [0.15, 0.2) is 0 Å². The standard InChI is InChI=1S/C12H18N4/c1-15(2)7-4-8-16(3)12-5-6-14-11(9-12)10-13/h5-6,9H,4,7-8H2,1-3H3. The quantitative estimate of drug-likeness (QED) is 0.748. The molecule has 0 aliphatic heterocycles. The fourth-order valence-electron chi connectivity index (χ4n) is 1.47. The van der Waals surface area contributed by atoms with Crippen LogP contribution in [-0.4, -0.2) is 44.1 Å². The summed E-state index contributed by atoms with van der Waals surface area (Å²) in [6, 6.07) is 5.79. The fourth-order valence-corrected chi connectivity index (χ4v) is 1.47. The Bertz CT molecular complexity index is 368. The highest BCUT2D eigenvalue weighted by Crippen LogP contribution is 2.12. The van der Waals surface area contributed by atoms with Crippen molar-refractivity contribution in [3.63, 3.8) is 0 Å². The number of pyridine rings is 1. The average molecular weight is 218 g/mol. The summed E-state index contributed by atoms with van der Waals surface area (Å²) in [6.45, 7) is 2.05. The van der Waals surface area contributed by atoms with E-state index in [0.717, 1.165) is 25.2 Å². The van der Waals surface area contributed by atoms with Gasteiger partial charge in [-0.3, -0.25) is 0 Å². The van der Waals surface area contributed by atoms with E-state index in [4.69, 9.17) is 5.26 Å². The highest BCUT2D eigenvalue weighted by molar-refractivity contribution is 5.47. The molecule has 1 rings (SSSR count). The Balaban J connectivity index is 2.52. The van der Waals surface area contributed by atoms with Gasteiger partial charge in [-0.1, -0.05) is 0 Å². The van der Waals surface area contributed by atoms with Crippen LogP contribution in [-0.2, 0) is 0 Å². The van der Waals surface area contributed by atoms with E-state index in [1.54, 1.807) is 6.20 Å². The molecule has 0 unspecified atom stereocenters. The molecule has 0 N–H and O–H groups in total. The number of anilines is 1. The molecule has 4 nitrogen and oxygen atoms in total. The molecule has 0 atom stereocenters. The molecule has 16 heavy (non-hydrogen) atoms. The lowest BCUT2D eigenvalue weighted by atomic mass is 10.3. The Hall–Kier alpha value is -1.60. The van der Waals surface area contributed by atoms with Crippen LogP contribution in [0.2, 0.25) is 0 Å². The number of hydrogen-bond acceptors (Lipinski definition) is 4. The van der Waals surface area contributed by atoms with Crippen molar-refractivity contribution in [2.45, 2.75) is 6.42 Å². The van der Waals surface area contributed by atoms with E-state index in [1.165, 1.54) is 0 Å². The number of hydrogen-bond donors (Lipinski definition) is 0. The van der Waals surface area contributed by atoms with Crippen LogP contribution in [0.5, 0.6) is 0 Å². The van der Waals surface area contributed by atoms with E-state index < -0.39 is 0 Å². The van der Waals surface area contributed by atoms with Gasteiger partial charge in [0.25, 0.3) is 0 Å². The Morgan fingerprint density at radius 1 is 1.31 bits per heavy atom. The van der Waals surface area contributed by atoms with E-state index in [1.807, 2.05) is 19.2 Å². The SMILES string of the molecule is CN(C)CCCN(C)c1ccnc(C#N)c1. The van der Waals surface area contributed by atoms with Crippen molar-refractivity contribution in [2.24, 2.45) is 0 Å². The van der Waals surface area contributed by atoms with Crippen molar-refractivity contribution in [1.29, 1.82) is 5.26 Å². The lowest BCUT2D eigenvalue weighted by molar-refractivity contribution is 0.401. The van der Waals surface area contributed by atoms with E-state index in [9.17, 15) is 0 Å². The van der Waals surface area contributed by atoms with Crippen molar-refractivity contribution in [3.8, 4) is 6.07 Å². The molecule has 0 spiro atoms. The molecular weight excluding hydrogens is 200 g/mol. The number of nitriles is 1. The molecule has 86 valence electrons. The monoisotopic (exact) mass is 218 g/mol. The van der Waals surface area contributed by atoms with Crippen LogP contribution in [0.15, 0.2) is 18.3 Å². The zero-order valence-electron chi connectivity index (χ0n) is 10.1. The largest absolute Gasteiger partial charge is 0.374 e. The Morgan fingerprint density at radius 2 is 2.06 bits per heavy atom. The first-order chi connectivity index (χ1) is 7.63. The van der Waals surface area contributed by atoms with Gasteiger partial charge in [-0.05, 0) is 39.2 Å². The molecular formula is C12H18N4. The first kappa shape index (κ1) is 12.5. The predicted molar refractivity (Wildman–Crippen MR) is 65.4 cm³/mol. The van der Waals surface area contributed by atoms with Gasteiger partial charge in [0.1, 0.15) is 11.8 Å². The lowest BCUT2D eigenvalue weighted by Gasteiger charge is -2.20. The summed E-state index contributed by atoms with van der Waals surface area (Å²) >= 11 is 0. The second kappa shape index (κ2) is 6.09. The van der Waals surface area contributed by atoms with Crippen LogP contribution in [0.4, 0.5) is 5.69 Å². The van der Waals surface area contributed by atoms with Crippen LogP contribution in [0.3, 0.4) is 0 Å². The molecule has 0 amide bonds. The minimum Gasteiger partial charge on any atom is -0.374 e. The van der Waals surface area contributed by atoms with Gasteiger partial charge in [-0.25, -0.2) is 4.98 Å². The van der Waals surface area contributed by atoms with Crippen LogP contribution >= 0.6 is 0 Å². The molecule has 0 aromatic carbocycles. The van der Waals surface area contributed by atoms with Gasteiger partial charge in [-0.15, -0.1) is 0 Å². The van der Waals surface area contributed by atoms with Crippen molar-refractivity contribution < 1.29 is 0 Å². The summed E-state index contributed by atoms with van der Waals surface area (Å²) in [7, 11) is 6.17. The zero-order chi connectivity index (χ0) is 12.0. The Morgan fingerprint density at radius 3 is 2.69 bits per heavy atom. The van der Waals surface area contributed by atoms with Gasteiger partial charge < -0.3 is 9.80 Å².